The van der Waals surface area contributed by atoms with E-state index in [4.69, 9.17) is 28.9 Å². The Morgan fingerprint density at radius 3 is 2.04 bits per heavy atom. The third-order valence-corrected chi connectivity index (χ3v) is 6.24. The van der Waals surface area contributed by atoms with Crippen LogP contribution >= 0.6 is 35.6 Å². The van der Waals surface area contributed by atoms with E-state index in [0.717, 1.165) is 5.56 Å². The van der Waals surface area contributed by atoms with Gasteiger partial charge in [0.15, 0.2) is 0 Å². The van der Waals surface area contributed by atoms with Gasteiger partial charge in [-0.25, -0.2) is 8.42 Å². The number of sulfonamides is 1. The molecule has 0 aliphatic carbocycles. The van der Waals surface area contributed by atoms with Crippen LogP contribution in [-0.2, 0) is 16.4 Å². The summed E-state index contributed by atoms with van der Waals surface area (Å²) in [6.07, 6.45) is 0.585. The Bertz CT molecular complexity index is 735. The molecule has 0 unspecified atom stereocenters. The normalized spacial score (nSPS) is 11.3. The summed E-state index contributed by atoms with van der Waals surface area (Å²) >= 11 is 12.1. The summed E-state index contributed by atoms with van der Waals surface area (Å²) in [7, 11) is -3.81. The molecule has 0 spiro atoms. The van der Waals surface area contributed by atoms with Crippen LogP contribution in [0.2, 0.25) is 10.0 Å². The summed E-state index contributed by atoms with van der Waals surface area (Å²) in [4.78, 5) is -0.0650. The van der Waals surface area contributed by atoms with Crippen LogP contribution < -0.4 is 5.73 Å². The predicted octanol–water partition coefficient (Wildman–Crippen LogP) is 3.61. The Morgan fingerprint density at radius 2 is 1.50 bits per heavy atom. The number of nitrogens with zero attached hydrogens (tertiary/aromatic N) is 1. The van der Waals surface area contributed by atoms with E-state index in [1.807, 2.05) is 30.3 Å². The number of nitrogens with two attached hydrogens (primary N) is 1. The van der Waals surface area contributed by atoms with E-state index >= 15 is 0 Å². The fourth-order valence-corrected chi connectivity index (χ4v) is 4.80. The molecule has 4 nitrogen and oxygen atoms in total. The van der Waals surface area contributed by atoms with E-state index in [2.05, 4.69) is 0 Å². The molecule has 0 fully saturated rings. The number of hydrogen-bond acceptors (Lipinski definition) is 3. The average Bonchev–Trinajstić information content (AvgIpc) is 2.52. The van der Waals surface area contributed by atoms with Gasteiger partial charge in [-0.15, -0.1) is 12.4 Å². The fourth-order valence-electron chi connectivity index (χ4n) is 2.25. The van der Waals surface area contributed by atoms with Crippen LogP contribution in [0, 0.1) is 0 Å². The third kappa shape index (κ3) is 5.09. The number of halogens is 3. The molecular weight excluding hydrogens is 391 g/mol. The van der Waals surface area contributed by atoms with Gasteiger partial charge in [0.1, 0.15) is 4.90 Å². The second-order valence-corrected chi connectivity index (χ2v) is 7.67. The van der Waals surface area contributed by atoms with Crippen molar-refractivity contribution in [3.63, 3.8) is 0 Å². The van der Waals surface area contributed by atoms with E-state index in [1.165, 1.54) is 16.4 Å². The first kappa shape index (κ1) is 21.2. The van der Waals surface area contributed by atoms with Gasteiger partial charge >= 0.3 is 0 Å². The van der Waals surface area contributed by atoms with Crippen molar-refractivity contribution in [1.29, 1.82) is 0 Å². The van der Waals surface area contributed by atoms with Crippen LogP contribution in [0.15, 0.2) is 53.4 Å². The largest absolute Gasteiger partial charge is 0.329 e. The fraction of sp³-hybridized carbons (Fsp3) is 0.250. The highest BCUT2D eigenvalue weighted by Crippen LogP contribution is 2.31. The molecule has 8 heteroatoms. The molecule has 0 heterocycles. The van der Waals surface area contributed by atoms with Gasteiger partial charge in [0.2, 0.25) is 10.0 Å². The molecule has 2 aromatic carbocycles. The molecule has 0 amide bonds. The molecule has 132 valence electrons. The zero-order valence-electron chi connectivity index (χ0n) is 12.9. The molecule has 2 N–H and O–H groups in total. The number of rotatable bonds is 7. The molecule has 2 aromatic rings. The lowest BCUT2D eigenvalue weighted by molar-refractivity contribution is 0.422. The van der Waals surface area contributed by atoms with Crippen LogP contribution in [0.1, 0.15) is 5.56 Å². The van der Waals surface area contributed by atoms with Crippen molar-refractivity contribution in [3.8, 4) is 0 Å². The Balaban J connectivity index is 0.00000288. The second-order valence-electron chi connectivity index (χ2n) is 4.98. The van der Waals surface area contributed by atoms with E-state index in [1.54, 1.807) is 6.07 Å². The molecule has 0 aliphatic heterocycles. The monoisotopic (exact) mass is 408 g/mol. The number of benzene rings is 2. The Labute approximate surface area is 159 Å². The smallest absolute Gasteiger partial charge is 0.246 e. The lowest BCUT2D eigenvalue weighted by atomic mass is 10.1. The van der Waals surface area contributed by atoms with Crippen molar-refractivity contribution < 1.29 is 8.42 Å². The molecule has 0 aliphatic rings. The van der Waals surface area contributed by atoms with Crippen LogP contribution in [0.4, 0.5) is 0 Å². The maximum absolute atomic E-state index is 12.9. The highest BCUT2D eigenvalue weighted by Gasteiger charge is 2.28. The van der Waals surface area contributed by atoms with Crippen LogP contribution in [-0.4, -0.2) is 32.4 Å². The van der Waals surface area contributed by atoms with Crippen molar-refractivity contribution in [3.05, 3.63) is 64.1 Å². The van der Waals surface area contributed by atoms with Crippen molar-refractivity contribution in [2.45, 2.75) is 11.3 Å². The zero-order chi connectivity index (χ0) is 16.9. The topological polar surface area (TPSA) is 63.4 Å². The maximum atomic E-state index is 12.9. The minimum atomic E-state index is -3.81. The molecule has 0 aromatic heterocycles. The maximum Gasteiger partial charge on any atom is 0.246 e. The molecule has 0 atom stereocenters. The molecule has 0 radical (unpaired) electrons. The standard InChI is InChI=1S/C16H18Cl2N2O2S.ClH/c17-14-7-4-8-15(18)16(14)23(21,22)20(12-10-19)11-9-13-5-2-1-3-6-13;/h1-8H,9-12,19H2;1H. The Hall–Kier alpha value is -0.820. The van der Waals surface area contributed by atoms with E-state index in [-0.39, 0.29) is 40.4 Å². The summed E-state index contributed by atoms with van der Waals surface area (Å²) in [6, 6.07) is 14.3. The quantitative estimate of drug-likeness (QED) is 0.760. The summed E-state index contributed by atoms with van der Waals surface area (Å²) in [5, 5.41) is 0.221. The van der Waals surface area contributed by atoms with Gasteiger partial charge in [-0.05, 0) is 24.1 Å². The minimum absolute atomic E-state index is 0. The highest BCUT2D eigenvalue weighted by molar-refractivity contribution is 7.89. The molecular formula is C16H19Cl3N2O2S. The van der Waals surface area contributed by atoms with Gasteiger partial charge < -0.3 is 5.73 Å². The van der Waals surface area contributed by atoms with Gasteiger partial charge in [0.25, 0.3) is 0 Å². The Morgan fingerprint density at radius 1 is 0.917 bits per heavy atom. The number of hydrogen-bond donors (Lipinski definition) is 1. The van der Waals surface area contributed by atoms with Crippen molar-refractivity contribution >= 4 is 45.6 Å². The van der Waals surface area contributed by atoms with Crippen molar-refractivity contribution in [2.24, 2.45) is 5.73 Å². The van der Waals surface area contributed by atoms with Crippen LogP contribution in [0.5, 0.6) is 0 Å². The van der Waals surface area contributed by atoms with Gasteiger partial charge in [-0.2, -0.15) is 4.31 Å². The summed E-state index contributed by atoms with van der Waals surface area (Å²) in [5.74, 6) is 0. The molecule has 2 rings (SSSR count). The molecule has 0 bridgehead atoms. The molecule has 0 saturated heterocycles. The van der Waals surface area contributed by atoms with Crippen molar-refractivity contribution in [1.82, 2.24) is 4.31 Å². The lowest BCUT2D eigenvalue weighted by Crippen LogP contribution is -2.37. The van der Waals surface area contributed by atoms with Crippen LogP contribution in [0.3, 0.4) is 0 Å². The summed E-state index contributed by atoms with van der Waals surface area (Å²) in [5.41, 5.74) is 6.63. The summed E-state index contributed by atoms with van der Waals surface area (Å²) in [6.45, 7) is 0.734. The summed E-state index contributed by atoms with van der Waals surface area (Å²) < 4.78 is 27.1. The molecule has 24 heavy (non-hydrogen) atoms. The van der Waals surface area contributed by atoms with E-state index < -0.39 is 10.0 Å². The highest BCUT2D eigenvalue weighted by atomic mass is 35.5. The first-order valence-electron chi connectivity index (χ1n) is 7.15. The van der Waals surface area contributed by atoms with Gasteiger partial charge in [0, 0.05) is 19.6 Å². The zero-order valence-corrected chi connectivity index (χ0v) is 16.0. The lowest BCUT2D eigenvalue weighted by Gasteiger charge is -2.22. The van der Waals surface area contributed by atoms with E-state index in [9.17, 15) is 8.42 Å². The van der Waals surface area contributed by atoms with Gasteiger partial charge in [-0.3, -0.25) is 0 Å². The third-order valence-electron chi connectivity index (χ3n) is 3.39. The Kier molecular flexibility index (Phi) is 8.50. The minimum Gasteiger partial charge on any atom is -0.329 e. The average molecular weight is 410 g/mol. The van der Waals surface area contributed by atoms with Gasteiger partial charge in [-0.1, -0.05) is 59.6 Å². The SMILES string of the molecule is Cl.NCCN(CCc1ccccc1)S(=O)(=O)c1c(Cl)cccc1Cl. The predicted molar refractivity (Wildman–Crippen MR) is 102 cm³/mol. The van der Waals surface area contributed by atoms with Crippen LogP contribution in [0.25, 0.3) is 0 Å². The first-order valence-corrected chi connectivity index (χ1v) is 9.34. The first-order chi connectivity index (χ1) is 11.0. The van der Waals surface area contributed by atoms with Crippen molar-refractivity contribution in [2.75, 3.05) is 19.6 Å². The second kappa shape index (κ2) is 9.61. The van der Waals surface area contributed by atoms with E-state index in [0.29, 0.717) is 13.0 Å². The van der Waals surface area contributed by atoms with Gasteiger partial charge in [0.05, 0.1) is 10.0 Å². The molecule has 0 saturated carbocycles.